The summed E-state index contributed by atoms with van der Waals surface area (Å²) in [5.74, 6) is 1.03. The Balaban J connectivity index is 2.20. The average molecular weight is 270 g/mol. The molecule has 0 radical (unpaired) electrons. The Morgan fingerprint density at radius 3 is 2.30 bits per heavy atom. The molecule has 104 valence electrons. The zero-order valence-electron chi connectivity index (χ0n) is 11.7. The van der Waals surface area contributed by atoms with E-state index in [2.05, 4.69) is 12.2 Å². The molecule has 0 unspecified atom stereocenters. The van der Waals surface area contributed by atoms with Crippen molar-refractivity contribution in [1.82, 2.24) is 0 Å². The van der Waals surface area contributed by atoms with E-state index >= 15 is 0 Å². The Kier molecular flexibility index (Phi) is 4.66. The highest BCUT2D eigenvalue weighted by atomic mass is 16.5. The fourth-order valence-electron chi connectivity index (χ4n) is 2.06. The van der Waals surface area contributed by atoms with E-state index in [9.17, 15) is 5.11 Å². The van der Waals surface area contributed by atoms with Gasteiger partial charge in [-0.3, -0.25) is 0 Å². The van der Waals surface area contributed by atoms with Gasteiger partial charge >= 0.3 is 0 Å². The SMILES string of the molecule is COc1c(O)ccc(C/C=C/c2ccccc2)c1OC. The minimum absolute atomic E-state index is 0.0835. The van der Waals surface area contributed by atoms with E-state index < -0.39 is 0 Å². The first-order valence-electron chi connectivity index (χ1n) is 6.40. The maximum atomic E-state index is 9.73. The number of hydrogen-bond acceptors (Lipinski definition) is 3. The molecule has 1 N–H and O–H groups in total. The van der Waals surface area contributed by atoms with Gasteiger partial charge in [-0.15, -0.1) is 0 Å². The topological polar surface area (TPSA) is 38.7 Å². The van der Waals surface area contributed by atoms with Gasteiger partial charge in [0, 0.05) is 5.56 Å². The summed E-state index contributed by atoms with van der Waals surface area (Å²) in [6.45, 7) is 0. The van der Waals surface area contributed by atoms with E-state index in [0.29, 0.717) is 17.9 Å². The summed E-state index contributed by atoms with van der Waals surface area (Å²) in [5.41, 5.74) is 2.12. The van der Waals surface area contributed by atoms with E-state index in [1.165, 1.54) is 7.11 Å². The van der Waals surface area contributed by atoms with E-state index in [4.69, 9.17) is 9.47 Å². The molecule has 0 saturated heterocycles. The van der Waals surface area contributed by atoms with Crippen LogP contribution in [0.3, 0.4) is 0 Å². The molecule has 0 atom stereocenters. The minimum atomic E-state index is 0.0835. The summed E-state index contributed by atoms with van der Waals surface area (Å²) >= 11 is 0. The largest absolute Gasteiger partial charge is 0.504 e. The zero-order valence-corrected chi connectivity index (χ0v) is 11.7. The molecule has 3 nitrogen and oxygen atoms in total. The maximum absolute atomic E-state index is 9.73. The molecule has 0 saturated carbocycles. The van der Waals surface area contributed by atoms with E-state index in [1.54, 1.807) is 13.2 Å². The van der Waals surface area contributed by atoms with Crippen molar-refractivity contribution >= 4 is 6.08 Å². The molecular formula is C17H18O3. The summed E-state index contributed by atoms with van der Waals surface area (Å²) in [5, 5.41) is 9.73. The molecule has 0 aromatic heterocycles. The Bertz CT molecular complexity index is 589. The second kappa shape index (κ2) is 6.66. The van der Waals surface area contributed by atoms with Crippen LogP contribution < -0.4 is 9.47 Å². The highest BCUT2D eigenvalue weighted by molar-refractivity contribution is 5.57. The third kappa shape index (κ3) is 3.12. The third-order valence-electron chi connectivity index (χ3n) is 3.03. The van der Waals surface area contributed by atoms with Gasteiger partial charge in [0.05, 0.1) is 14.2 Å². The van der Waals surface area contributed by atoms with Crippen molar-refractivity contribution in [2.75, 3.05) is 14.2 Å². The third-order valence-corrected chi connectivity index (χ3v) is 3.03. The molecule has 0 amide bonds. The van der Waals surface area contributed by atoms with Crippen LogP contribution in [0.4, 0.5) is 0 Å². The maximum Gasteiger partial charge on any atom is 0.203 e. The fourth-order valence-corrected chi connectivity index (χ4v) is 2.06. The molecule has 0 aliphatic heterocycles. The molecule has 2 aromatic carbocycles. The molecule has 3 heteroatoms. The smallest absolute Gasteiger partial charge is 0.203 e. The lowest BCUT2D eigenvalue weighted by Crippen LogP contribution is -1.95. The average Bonchev–Trinajstić information content (AvgIpc) is 2.49. The number of benzene rings is 2. The van der Waals surface area contributed by atoms with Gasteiger partial charge < -0.3 is 14.6 Å². The van der Waals surface area contributed by atoms with E-state index in [0.717, 1.165) is 11.1 Å². The number of rotatable bonds is 5. The Labute approximate surface area is 119 Å². The molecule has 0 aliphatic rings. The molecule has 2 aromatic rings. The summed E-state index contributed by atoms with van der Waals surface area (Å²) in [7, 11) is 3.09. The zero-order chi connectivity index (χ0) is 14.4. The van der Waals surface area contributed by atoms with Crippen LogP contribution in [0.15, 0.2) is 48.5 Å². The van der Waals surface area contributed by atoms with Crippen LogP contribution in [0.5, 0.6) is 17.2 Å². The van der Waals surface area contributed by atoms with Crippen LogP contribution in [0.25, 0.3) is 6.08 Å². The normalized spacial score (nSPS) is 10.7. The Morgan fingerprint density at radius 1 is 0.950 bits per heavy atom. The monoisotopic (exact) mass is 270 g/mol. The second-order valence-electron chi connectivity index (χ2n) is 4.33. The molecule has 0 fully saturated rings. The van der Waals surface area contributed by atoms with Crippen LogP contribution in [-0.2, 0) is 6.42 Å². The molecular weight excluding hydrogens is 252 g/mol. The van der Waals surface area contributed by atoms with Crippen molar-refractivity contribution in [1.29, 1.82) is 0 Å². The summed E-state index contributed by atoms with van der Waals surface area (Å²) in [6, 6.07) is 13.5. The highest BCUT2D eigenvalue weighted by Gasteiger charge is 2.13. The lowest BCUT2D eigenvalue weighted by molar-refractivity contribution is 0.331. The van der Waals surface area contributed by atoms with Crippen molar-refractivity contribution in [2.24, 2.45) is 0 Å². The van der Waals surface area contributed by atoms with Crippen molar-refractivity contribution in [3.63, 3.8) is 0 Å². The van der Waals surface area contributed by atoms with Crippen molar-refractivity contribution in [2.45, 2.75) is 6.42 Å². The molecule has 0 aliphatic carbocycles. The summed E-state index contributed by atoms with van der Waals surface area (Å²) in [4.78, 5) is 0. The van der Waals surface area contributed by atoms with E-state index in [-0.39, 0.29) is 5.75 Å². The lowest BCUT2D eigenvalue weighted by Gasteiger charge is -2.12. The predicted molar refractivity (Wildman–Crippen MR) is 80.4 cm³/mol. The van der Waals surface area contributed by atoms with E-state index in [1.807, 2.05) is 36.4 Å². The van der Waals surface area contributed by atoms with Crippen LogP contribution in [0, 0.1) is 0 Å². The highest BCUT2D eigenvalue weighted by Crippen LogP contribution is 2.39. The standard InChI is InChI=1S/C17H18O3/c1-19-16-14(11-12-15(18)17(16)20-2)10-6-9-13-7-4-3-5-8-13/h3-9,11-12,18H,10H2,1-2H3/b9-6+. The first kappa shape index (κ1) is 14.0. The van der Waals surface area contributed by atoms with Gasteiger partial charge in [0.25, 0.3) is 0 Å². The minimum Gasteiger partial charge on any atom is -0.504 e. The van der Waals surface area contributed by atoms with Crippen LogP contribution >= 0.6 is 0 Å². The van der Waals surface area contributed by atoms with Gasteiger partial charge in [-0.2, -0.15) is 0 Å². The molecule has 20 heavy (non-hydrogen) atoms. The van der Waals surface area contributed by atoms with Gasteiger partial charge in [-0.05, 0) is 18.1 Å². The number of methoxy groups -OCH3 is 2. The molecule has 0 spiro atoms. The van der Waals surface area contributed by atoms with Crippen LogP contribution in [-0.4, -0.2) is 19.3 Å². The van der Waals surface area contributed by atoms with Crippen LogP contribution in [0.1, 0.15) is 11.1 Å². The first-order valence-corrected chi connectivity index (χ1v) is 6.40. The Hall–Kier alpha value is -2.42. The van der Waals surface area contributed by atoms with Gasteiger partial charge in [-0.25, -0.2) is 0 Å². The molecule has 2 rings (SSSR count). The molecule has 0 heterocycles. The number of phenolic OH excluding ortho intramolecular Hbond substituents is 1. The van der Waals surface area contributed by atoms with Gasteiger partial charge in [0.2, 0.25) is 5.75 Å². The van der Waals surface area contributed by atoms with Gasteiger partial charge in [0.1, 0.15) is 0 Å². The van der Waals surface area contributed by atoms with Crippen LogP contribution in [0.2, 0.25) is 0 Å². The predicted octanol–water partition coefficient (Wildman–Crippen LogP) is 3.67. The number of allylic oxidation sites excluding steroid dienone is 1. The first-order chi connectivity index (χ1) is 9.76. The second-order valence-corrected chi connectivity index (χ2v) is 4.33. The van der Waals surface area contributed by atoms with Gasteiger partial charge in [-0.1, -0.05) is 48.6 Å². The Morgan fingerprint density at radius 2 is 1.65 bits per heavy atom. The van der Waals surface area contributed by atoms with Crippen molar-refractivity contribution in [3.8, 4) is 17.2 Å². The number of aromatic hydroxyl groups is 1. The van der Waals surface area contributed by atoms with Crippen molar-refractivity contribution in [3.05, 3.63) is 59.7 Å². The lowest BCUT2D eigenvalue weighted by atomic mass is 10.1. The number of phenols is 1. The quantitative estimate of drug-likeness (QED) is 0.901. The number of hydrogen-bond donors (Lipinski definition) is 1. The summed E-state index contributed by atoms with van der Waals surface area (Å²) < 4.78 is 10.5. The van der Waals surface area contributed by atoms with Gasteiger partial charge in [0.15, 0.2) is 11.5 Å². The summed E-state index contributed by atoms with van der Waals surface area (Å²) in [6.07, 6.45) is 4.82. The fraction of sp³-hybridized carbons (Fsp3) is 0.176. The van der Waals surface area contributed by atoms with Crippen molar-refractivity contribution < 1.29 is 14.6 Å². The molecule has 0 bridgehead atoms. The number of ether oxygens (including phenoxy) is 2.